The molecule has 4 aromatic rings. The predicted octanol–water partition coefficient (Wildman–Crippen LogP) is 4.61. The molecule has 6 heteroatoms. The van der Waals surface area contributed by atoms with Gasteiger partial charge in [-0.25, -0.2) is 4.39 Å². The molecule has 31 heavy (non-hydrogen) atoms. The van der Waals surface area contributed by atoms with E-state index in [2.05, 4.69) is 0 Å². The summed E-state index contributed by atoms with van der Waals surface area (Å²) in [5, 5.41) is 10.5. The molecule has 0 saturated carbocycles. The maximum atomic E-state index is 13.6. The number of nitrogens with zero attached hydrogens (tertiary/aromatic N) is 2. The highest BCUT2D eigenvalue weighted by Gasteiger charge is 2.41. The van der Waals surface area contributed by atoms with Crippen LogP contribution in [0.5, 0.6) is 0 Å². The van der Waals surface area contributed by atoms with Crippen molar-refractivity contribution in [2.24, 2.45) is 7.05 Å². The van der Waals surface area contributed by atoms with Crippen LogP contribution in [0.15, 0.2) is 72.8 Å². The van der Waals surface area contributed by atoms with E-state index in [1.807, 2.05) is 48.0 Å². The van der Waals surface area contributed by atoms with Crippen LogP contribution in [0.25, 0.3) is 22.2 Å². The second-order valence-electron chi connectivity index (χ2n) is 7.66. The fourth-order valence-corrected chi connectivity index (χ4v) is 4.65. The average molecular weight is 414 g/mol. The van der Waals surface area contributed by atoms with Crippen LogP contribution in [0.1, 0.15) is 27.5 Å². The summed E-state index contributed by atoms with van der Waals surface area (Å²) in [5.74, 6) is -1.71. The van der Waals surface area contributed by atoms with Gasteiger partial charge in [-0.05, 0) is 47.5 Å². The van der Waals surface area contributed by atoms with Gasteiger partial charge in [-0.15, -0.1) is 0 Å². The quantitative estimate of drug-likeness (QED) is 0.530. The Hall–Kier alpha value is -3.93. The zero-order chi connectivity index (χ0) is 21.7. The molecule has 0 radical (unpaired) electrons. The minimum absolute atomic E-state index is 0.305. The Morgan fingerprint density at radius 2 is 1.68 bits per heavy atom. The first kappa shape index (κ1) is 19.1. The predicted molar refractivity (Wildman–Crippen MR) is 115 cm³/mol. The summed E-state index contributed by atoms with van der Waals surface area (Å²) in [6, 6.07) is 20.7. The number of rotatable bonds is 4. The molecule has 3 aromatic carbocycles. The van der Waals surface area contributed by atoms with Crippen molar-refractivity contribution in [3.63, 3.8) is 0 Å². The number of aliphatic carboxylic acids is 1. The molecule has 1 aliphatic heterocycles. The van der Waals surface area contributed by atoms with Crippen molar-refractivity contribution in [2.45, 2.75) is 6.04 Å². The fraction of sp³-hybridized carbons (Fsp3) is 0.120. The van der Waals surface area contributed by atoms with E-state index in [1.165, 1.54) is 17.0 Å². The summed E-state index contributed by atoms with van der Waals surface area (Å²) in [7, 11) is 1.93. The highest BCUT2D eigenvalue weighted by Crippen LogP contribution is 2.46. The van der Waals surface area contributed by atoms with Crippen molar-refractivity contribution in [1.29, 1.82) is 0 Å². The summed E-state index contributed by atoms with van der Waals surface area (Å²) in [6.45, 7) is -0.412. The molecule has 1 aromatic heterocycles. The fourth-order valence-electron chi connectivity index (χ4n) is 4.65. The van der Waals surface area contributed by atoms with Crippen LogP contribution in [0.3, 0.4) is 0 Å². The van der Waals surface area contributed by atoms with Crippen molar-refractivity contribution >= 4 is 22.8 Å². The molecule has 2 heterocycles. The summed E-state index contributed by atoms with van der Waals surface area (Å²) in [5.41, 5.74) is 4.68. The van der Waals surface area contributed by atoms with E-state index < -0.39 is 18.6 Å². The number of aromatic nitrogens is 1. The summed E-state index contributed by atoms with van der Waals surface area (Å²) in [6.07, 6.45) is 0. The maximum Gasteiger partial charge on any atom is 0.323 e. The van der Waals surface area contributed by atoms with Gasteiger partial charge >= 0.3 is 5.97 Å². The summed E-state index contributed by atoms with van der Waals surface area (Å²) >= 11 is 0. The van der Waals surface area contributed by atoms with Gasteiger partial charge in [0.05, 0.1) is 11.7 Å². The molecule has 0 spiro atoms. The molecule has 1 atom stereocenters. The zero-order valence-corrected chi connectivity index (χ0v) is 16.7. The molecule has 0 saturated heterocycles. The van der Waals surface area contributed by atoms with Gasteiger partial charge in [-0.2, -0.15) is 0 Å². The van der Waals surface area contributed by atoms with Crippen LogP contribution in [-0.4, -0.2) is 33.0 Å². The smallest absolute Gasteiger partial charge is 0.323 e. The van der Waals surface area contributed by atoms with Crippen LogP contribution in [0.4, 0.5) is 4.39 Å². The van der Waals surface area contributed by atoms with Crippen molar-refractivity contribution < 1.29 is 19.1 Å². The van der Waals surface area contributed by atoms with Crippen LogP contribution in [0, 0.1) is 5.82 Å². The number of benzene rings is 3. The van der Waals surface area contributed by atoms with Crippen LogP contribution < -0.4 is 0 Å². The third-order valence-electron chi connectivity index (χ3n) is 5.90. The SMILES string of the molecule is Cn1c(-c2ccc(F)cc2)c(C2c3ccccc3C(=O)N2CC(=O)O)c2ccccc21. The largest absolute Gasteiger partial charge is 0.480 e. The van der Waals surface area contributed by atoms with Crippen LogP contribution in [0.2, 0.25) is 0 Å². The lowest BCUT2D eigenvalue weighted by molar-refractivity contribution is -0.138. The van der Waals surface area contributed by atoms with E-state index in [-0.39, 0.29) is 11.7 Å². The number of halogens is 1. The Morgan fingerprint density at radius 1 is 1.00 bits per heavy atom. The number of carboxylic acids is 1. The summed E-state index contributed by atoms with van der Waals surface area (Å²) in [4.78, 5) is 26.2. The Morgan fingerprint density at radius 3 is 2.42 bits per heavy atom. The van der Waals surface area contributed by atoms with E-state index in [4.69, 9.17) is 0 Å². The van der Waals surface area contributed by atoms with Crippen molar-refractivity contribution in [3.8, 4) is 11.3 Å². The number of carbonyl (C=O) groups is 2. The highest BCUT2D eigenvalue weighted by atomic mass is 19.1. The molecule has 5 rings (SSSR count). The third kappa shape index (κ3) is 2.91. The molecule has 1 unspecified atom stereocenters. The number of aryl methyl sites for hydroxylation is 1. The van der Waals surface area contributed by atoms with E-state index in [1.54, 1.807) is 24.3 Å². The van der Waals surface area contributed by atoms with Gasteiger partial charge in [0.1, 0.15) is 12.4 Å². The average Bonchev–Trinajstić information content (AvgIpc) is 3.20. The second-order valence-corrected chi connectivity index (χ2v) is 7.66. The third-order valence-corrected chi connectivity index (χ3v) is 5.90. The van der Waals surface area contributed by atoms with Gasteiger partial charge in [0, 0.05) is 29.1 Å². The van der Waals surface area contributed by atoms with Crippen LogP contribution >= 0.6 is 0 Å². The van der Waals surface area contributed by atoms with Gasteiger partial charge in [0.25, 0.3) is 5.91 Å². The van der Waals surface area contributed by atoms with Crippen molar-refractivity contribution in [1.82, 2.24) is 9.47 Å². The number of amides is 1. The Bertz CT molecular complexity index is 1340. The van der Waals surface area contributed by atoms with Gasteiger partial charge < -0.3 is 14.6 Å². The van der Waals surface area contributed by atoms with Gasteiger partial charge in [-0.3, -0.25) is 9.59 Å². The topological polar surface area (TPSA) is 62.5 Å². The summed E-state index contributed by atoms with van der Waals surface area (Å²) < 4.78 is 15.7. The minimum Gasteiger partial charge on any atom is -0.480 e. The minimum atomic E-state index is -1.07. The lowest BCUT2D eigenvalue weighted by atomic mass is 9.93. The number of hydrogen-bond donors (Lipinski definition) is 1. The lowest BCUT2D eigenvalue weighted by Gasteiger charge is -2.25. The first-order valence-corrected chi connectivity index (χ1v) is 9.92. The van der Waals surface area contributed by atoms with Gasteiger partial charge in [0.15, 0.2) is 0 Å². The monoisotopic (exact) mass is 414 g/mol. The molecule has 0 bridgehead atoms. The normalized spacial score (nSPS) is 15.5. The molecule has 0 aliphatic carbocycles. The van der Waals surface area contributed by atoms with Crippen molar-refractivity contribution in [2.75, 3.05) is 6.54 Å². The van der Waals surface area contributed by atoms with Crippen molar-refractivity contribution in [3.05, 3.63) is 95.3 Å². The first-order valence-electron chi connectivity index (χ1n) is 9.92. The Labute approximate surface area is 178 Å². The highest BCUT2D eigenvalue weighted by molar-refractivity contribution is 6.03. The molecule has 1 aliphatic rings. The zero-order valence-electron chi connectivity index (χ0n) is 16.7. The van der Waals surface area contributed by atoms with Gasteiger partial charge in [0.2, 0.25) is 0 Å². The number of carbonyl (C=O) groups excluding carboxylic acids is 1. The number of fused-ring (bicyclic) bond motifs is 2. The van der Waals surface area contributed by atoms with Crippen LogP contribution in [-0.2, 0) is 11.8 Å². The standard InChI is InChI=1S/C25H19FN2O3/c1-27-20-9-5-4-8-19(20)22(23(27)15-10-12-16(26)13-11-15)24-17-6-2-3-7-18(17)25(31)28(24)14-21(29)30/h2-13,24H,14H2,1H3,(H,29,30). The molecule has 1 amide bonds. The van der Waals surface area contributed by atoms with E-state index >= 15 is 0 Å². The lowest BCUT2D eigenvalue weighted by Crippen LogP contribution is -2.34. The van der Waals surface area contributed by atoms with E-state index in [9.17, 15) is 19.1 Å². The molecule has 0 fully saturated rings. The number of hydrogen-bond acceptors (Lipinski definition) is 2. The number of para-hydroxylation sites is 1. The van der Waals surface area contributed by atoms with E-state index in [0.29, 0.717) is 5.56 Å². The Balaban J connectivity index is 1.85. The molecular weight excluding hydrogens is 395 g/mol. The molecule has 1 N–H and O–H groups in total. The Kier molecular flexibility index (Phi) is 4.36. The van der Waals surface area contributed by atoms with Gasteiger partial charge in [-0.1, -0.05) is 36.4 Å². The molecule has 5 nitrogen and oxygen atoms in total. The maximum absolute atomic E-state index is 13.6. The number of carboxylic acid groups (broad SMARTS) is 1. The van der Waals surface area contributed by atoms with E-state index in [0.717, 1.165) is 33.3 Å². The molecular formula is C25H19FN2O3. The second kappa shape index (κ2) is 7.09. The molecule has 154 valence electrons. The first-order chi connectivity index (χ1) is 15.0.